The molecule has 0 radical (unpaired) electrons. The van der Waals surface area contributed by atoms with Gasteiger partial charge in [-0.15, -0.1) is 0 Å². The second-order valence-electron chi connectivity index (χ2n) is 4.99. The lowest BCUT2D eigenvalue weighted by Gasteiger charge is -2.24. The molecule has 0 saturated carbocycles. The monoisotopic (exact) mass is 242 g/mol. The van der Waals surface area contributed by atoms with Crippen LogP contribution in [0.3, 0.4) is 0 Å². The van der Waals surface area contributed by atoms with E-state index in [4.69, 9.17) is 0 Å². The number of nitrogens with zero attached hydrogens (tertiary/aromatic N) is 2. The second kappa shape index (κ2) is 3.55. The lowest BCUT2D eigenvalue weighted by molar-refractivity contribution is -0.117. The van der Waals surface area contributed by atoms with Gasteiger partial charge < -0.3 is 10.2 Å². The fourth-order valence-electron chi connectivity index (χ4n) is 3.22. The maximum atomic E-state index is 12.2. The van der Waals surface area contributed by atoms with Crippen molar-refractivity contribution in [3.63, 3.8) is 0 Å². The highest BCUT2D eigenvalue weighted by Gasteiger charge is 2.43. The maximum Gasteiger partial charge on any atom is 0.228 e. The van der Waals surface area contributed by atoms with Crippen LogP contribution in [0.1, 0.15) is 12.8 Å². The van der Waals surface area contributed by atoms with Gasteiger partial charge >= 0.3 is 0 Å². The minimum Gasteiger partial charge on any atom is -0.311 e. The van der Waals surface area contributed by atoms with Crippen molar-refractivity contribution in [3.05, 3.63) is 24.4 Å². The summed E-state index contributed by atoms with van der Waals surface area (Å²) in [5.74, 6) is 0.214. The molecule has 0 bridgehead atoms. The SMILES string of the molecule is O=C1CC2NCCC2N1c1cccc2[nH]ncc12. The summed E-state index contributed by atoms with van der Waals surface area (Å²) in [5, 5.41) is 11.5. The van der Waals surface area contributed by atoms with E-state index in [1.165, 1.54) is 0 Å². The molecule has 2 fully saturated rings. The van der Waals surface area contributed by atoms with E-state index in [-0.39, 0.29) is 5.91 Å². The molecule has 0 aliphatic carbocycles. The summed E-state index contributed by atoms with van der Waals surface area (Å²) < 4.78 is 0. The first-order valence-corrected chi connectivity index (χ1v) is 6.32. The standard InChI is InChI=1S/C13H14N4O/c18-13-6-10-12(4-5-14-10)17(13)11-3-1-2-9-8(11)7-15-16-9/h1-3,7,10,12,14H,4-6H2,(H,15,16). The van der Waals surface area contributed by atoms with Crippen LogP contribution < -0.4 is 10.2 Å². The summed E-state index contributed by atoms with van der Waals surface area (Å²) in [7, 11) is 0. The Kier molecular flexibility index (Phi) is 1.99. The highest BCUT2D eigenvalue weighted by molar-refractivity contribution is 6.05. The Morgan fingerprint density at radius 1 is 1.39 bits per heavy atom. The van der Waals surface area contributed by atoms with Crippen molar-refractivity contribution in [3.8, 4) is 0 Å². The van der Waals surface area contributed by atoms with Gasteiger partial charge in [-0.1, -0.05) is 6.07 Å². The predicted molar refractivity (Wildman–Crippen MR) is 68.4 cm³/mol. The minimum atomic E-state index is 0.214. The highest BCUT2D eigenvalue weighted by atomic mass is 16.2. The summed E-state index contributed by atoms with van der Waals surface area (Å²) in [6, 6.07) is 6.59. The molecule has 1 aromatic carbocycles. The van der Waals surface area contributed by atoms with E-state index in [9.17, 15) is 4.79 Å². The quantitative estimate of drug-likeness (QED) is 0.785. The summed E-state index contributed by atoms with van der Waals surface area (Å²) in [5.41, 5.74) is 1.97. The number of carbonyl (C=O) groups is 1. The van der Waals surface area contributed by atoms with E-state index in [2.05, 4.69) is 15.5 Å². The number of anilines is 1. The van der Waals surface area contributed by atoms with Gasteiger partial charge in [0.1, 0.15) is 0 Å². The van der Waals surface area contributed by atoms with Crippen LogP contribution in [0.4, 0.5) is 5.69 Å². The number of hydrogen-bond acceptors (Lipinski definition) is 3. The predicted octanol–water partition coefficient (Wildman–Crippen LogP) is 1.03. The van der Waals surface area contributed by atoms with Crippen LogP contribution in [-0.4, -0.2) is 34.7 Å². The molecule has 0 spiro atoms. The van der Waals surface area contributed by atoms with Gasteiger partial charge in [-0.05, 0) is 25.1 Å². The first kappa shape index (κ1) is 10.1. The second-order valence-corrected chi connectivity index (χ2v) is 4.99. The zero-order valence-electron chi connectivity index (χ0n) is 9.89. The third-order valence-electron chi connectivity index (χ3n) is 4.03. The van der Waals surface area contributed by atoms with Crippen molar-refractivity contribution in [2.75, 3.05) is 11.4 Å². The van der Waals surface area contributed by atoms with E-state index < -0.39 is 0 Å². The van der Waals surface area contributed by atoms with E-state index in [0.29, 0.717) is 18.5 Å². The maximum absolute atomic E-state index is 12.2. The molecule has 2 aliphatic heterocycles. The van der Waals surface area contributed by atoms with Crippen molar-refractivity contribution >= 4 is 22.5 Å². The summed E-state index contributed by atoms with van der Waals surface area (Å²) in [6.45, 7) is 1.00. The fraction of sp³-hybridized carbons (Fsp3) is 0.385. The number of amides is 1. The van der Waals surface area contributed by atoms with Crippen molar-refractivity contribution in [2.24, 2.45) is 0 Å². The van der Waals surface area contributed by atoms with E-state index in [0.717, 1.165) is 29.6 Å². The van der Waals surface area contributed by atoms with Gasteiger partial charge in [-0.2, -0.15) is 5.10 Å². The Morgan fingerprint density at radius 2 is 2.33 bits per heavy atom. The van der Waals surface area contributed by atoms with Gasteiger partial charge in [0, 0.05) is 17.8 Å². The van der Waals surface area contributed by atoms with Gasteiger partial charge in [0.15, 0.2) is 0 Å². The van der Waals surface area contributed by atoms with Gasteiger partial charge in [0.05, 0.1) is 23.4 Å². The summed E-state index contributed by atoms with van der Waals surface area (Å²) >= 11 is 0. The molecular formula is C13H14N4O. The molecule has 92 valence electrons. The minimum absolute atomic E-state index is 0.214. The number of hydrogen-bond donors (Lipinski definition) is 2. The van der Waals surface area contributed by atoms with Crippen LogP contribution in [0.15, 0.2) is 24.4 Å². The molecule has 18 heavy (non-hydrogen) atoms. The topological polar surface area (TPSA) is 61.0 Å². The third kappa shape index (κ3) is 1.25. The van der Waals surface area contributed by atoms with Gasteiger partial charge in [-0.25, -0.2) is 0 Å². The number of nitrogens with one attached hydrogen (secondary N) is 2. The Balaban J connectivity index is 1.86. The average molecular weight is 242 g/mol. The Labute approximate surface area is 104 Å². The number of benzene rings is 1. The summed E-state index contributed by atoms with van der Waals surface area (Å²) in [6.07, 6.45) is 3.44. The third-order valence-corrected chi connectivity index (χ3v) is 4.03. The Bertz CT molecular complexity index is 620. The molecule has 2 aliphatic rings. The molecular weight excluding hydrogens is 228 g/mol. The number of aromatic nitrogens is 2. The molecule has 5 heteroatoms. The molecule has 2 atom stereocenters. The normalized spacial score (nSPS) is 27.1. The first-order chi connectivity index (χ1) is 8.84. The first-order valence-electron chi connectivity index (χ1n) is 6.32. The van der Waals surface area contributed by atoms with E-state index >= 15 is 0 Å². The molecule has 2 saturated heterocycles. The molecule has 3 heterocycles. The Morgan fingerprint density at radius 3 is 3.28 bits per heavy atom. The molecule has 1 amide bonds. The number of aromatic amines is 1. The number of rotatable bonds is 1. The van der Waals surface area contributed by atoms with Gasteiger partial charge in [-0.3, -0.25) is 9.89 Å². The zero-order valence-corrected chi connectivity index (χ0v) is 9.89. The number of fused-ring (bicyclic) bond motifs is 2. The van der Waals surface area contributed by atoms with Crippen molar-refractivity contribution in [1.29, 1.82) is 0 Å². The molecule has 1 aromatic heterocycles. The zero-order chi connectivity index (χ0) is 12.1. The Hall–Kier alpha value is -1.88. The molecule has 2 N–H and O–H groups in total. The van der Waals surface area contributed by atoms with Crippen molar-refractivity contribution in [2.45, 2.75) is 24.9 Å². The van der Waals surface area contributed by atoms with Crippen LogP contribution in [0.2, 0.25) is 0 Å². The molecule has 2 unspecified atom stereocenters. The average Bonchev–Trinajstić information content (AvgIpc) is 3.02. The van der Waals surface area contributed by atoms with E-state index in [1.54, 1.807) is 6.20 Å². The number of carbonyl (C=O) groups excluding carboxylic acids is 1. The largest absolute Gasteiger partial charge is 0.311 e. The lowest BCUT2D eigenvalue weighted by Crippen LogP contribution is -2.35. The fourth-order valence-corrected chi connectivity index (χ4v) is 3.22. The van der Waals surface area contributed by atoms with Crippen LogP contribution in [0, 0.1) is 0 Å². The highest BCUT2D eigenvalue weighted by Crippen LogP contribution is 2.35. The number of H-pyrrole nitrogens is 1. The molecule has 5 nitrogen and oxygen atoms in total. The van der Waals surface area contributed by atoms with Crippen LogP contribution in [0.5, 0.6) is 0 Å². The summed E-state index contributed by atoms with van der Waals surface area (Å²) in [4.78, 5) is 14.2. The van der Waals surface area contributed by atoms with Crippen molar-refractivity contribution in [1.82, 2.24) is 15.5 Å². The van der Waals surface area contributed by atoms with Crippen LogP contribution in [0.25, 0.3) is 10.9 Å². The van der Waals surface area contributed by atoms with Gasteiger partial charge in [0.2, 0.25) is 5.91 Å². The van der Waals surface area contributed by atoms with Crippen molar-refractivity contribution < 1.29 is 4.79 Å². The lowest BCUT2D eigenvalue weighted by atomic mass is 10.1. The van der Waals surface area contributed by atoms with Crippen LogP contribution in [-0.2, 0) is 4.79 Å². The molecule has 2 aromatic rings. The smallest absolute Gasteiger partial charge is 0.228 e. The van der Waals surface area contributed by atoms with Crippen LogP contribution >= 0.6 is 0 Å². The molecule has 4 rings (SSSR count). The van der Waals surface area contributed by atoms with E-state index in [1.807, 2.05) is 23.1 Å². The van der Waals surface area contributed by atoms with Gasteiger partial charge in [0.25, 0.3) is 0 Å².